The van der Waals surface area contributed by atoms with Gasteiger partial charge in [0.05, 0.1) is 18.9 Å². The summed E-state index contributed by atoms with van der Waals surface area (Å²) < 4.78 is 20.5. The summed E-state index contributed by atoms with van der Waals surface area (Å²) in [4.78, 5) is 11.5. The Balaban J connectivity index is 2.16. The van der Waals surface area contributed by atoms with Crippen LogP contribution < -0.4 is 9.47 Å². The van der Waals surface area contributed by atoms with E-state index < -0.39 is 0 Å². The van der Waals surface area contributed by atoms with Crippen LogP contribution in [0, 0.1) is 0 Å². The highest BCUT2D eigenvalue weighted by molar-refractivity contribution is 5.89. The molecule has 0 saturated carbocycles. The molecule has 0 atom stereocenters. The Morgan fingerprint density at radius 2 is 1.75 bits per heavy atom. The van der Waals surface area contributed by atoms with Gasteiger partial charge < -0.3 is 18.9 Å². The SMILES string of the molecule is C=COc1ccc(Cc2ccc(C(=O)OC)cc2)cc1OCOC. The number of benzene rings is 2. The molecule has 0 aliphatic carbocycles. The number of esters is 1. The highest BCUT2D eigenvalue weighted by Gasteiger charge is 2.08. The molecule has 0 aromatic heterocycles. The van der Waals surface area contributed by atoms with Gasteiger partial charge in [0.25, 0.3) is 0 Å². The first-order valence-electron chi connectivity index (χ1n) is 7.37. The minimum atomic E-state index is -0.345. The quantitative estimate of drug-likeness (QED) is 0.421. The van der Waals surface area contributed by atoms with Crippen molar-refractivity contribution in [3.8, 4) is 11.5 Å². The summed E-state index contributed by atoms with van der Waals surface area (Å²) in [5.41, 5.74) is 2.64. The molecule has 0 aliphatic heterocycles. The lowest BCUT2D eigenvalue weighted by Crippen LogP contribution is -2.02. The van der Waals surface area contributed by atoms with Crippen molar-refractivity contribution < 1.29 is 23.7 Å². The van der Waals surface area contributed by atoms with E-state index >= 15 is 0 Å². The summed E-state index contributed by atoms with van der Waals surface area (Å²) in [5, 5.41) is 0. The lowest BCUT2D eigenvalue weighted by atomic mass is 10.0. The van der Waals surface area contributed by atoms with Gasteiger partial charge in [-0.1, -0.05) is 24.8 Å². The summed E-state index contributed by atoms with van der Waals surface area (Å²) >= 11 is 0. The molecule has 0 saturated heterocycles. The van der Waals surface area contributed by atoms with Gasteiger partial charge in [0.15, 0.2) is 18.3 Å². The van der Waals surface area contributed by atoms with Crippen LogP contribution in [0.3, 0.4) is 0 Å². The van der Waals surface area contributed by atoms with Crippen molar-refractivity contribution in [1.29, 1.82) is 0 Å². The van der Waals surface area contributed by atoms with Crippen LogP contribution in [0.15, 0.2) is 55.3 Å². The molecule has 2 aromatic rings. The molecule has 0 spiro atoms. The highest BCUT2D eigenvalue weighted by Crippen LogP contribution is 2.29. The van der Waals surface area contributed by atoms with Crippen LogP contribution in [0.2, 0.25) is 0 Å². The van der Waals surface area contributed by atoms with Gasteiger partial charge in [-0.2, -0.15) is 0 Å². The number of ether oxygens (including phenoxy) is 4. The molecule has 0 bridgehead atoms. The van der Waals surface area contributed by atoms with Gasteiger partial charge in [-0.3, -0.25) is 0 Å². The van der Waals surface area contributed by atoms with Crippen LogP contribution >= 0.6 is 0 Å². The van der Waals surface area contributed by atoms with E-state index in [4.69, 9.17) is 18.9 Å². The maximum Gasteiger partial charge on any atom is 0.337 e. The van der Waals surface area contributed by atoms with Gasteiger partial charge in [0, 0.05) is 7.11 Å². The number of methoxy groups -OCH3 is 2. The predicted octanol–water partition coefficient (Wildman–Crippen LogP) is 3.57. The lowest BCUT2D eigenvalue weighted by Gasteiger charge is -2.12. The summed E-state index contributed by atoms with van der Waals surface area (Å²) in [6.07, 6.45) is 2.04. The molecule has 2 rings (SSSR count). The molecule has 0 N–H and O–H groups in total. The van der Waals surface area contributed by atoms with E-state index in [2.05, 4.69) is 6.58 Å². The Morgan fingerprint density at radius 1 is 1.04 bits per heavy atom. The molecule has 2 aromatic carbocycles. The Morgan fingerprint density at radius 3 is 2.38 bits per heavy atom. The Kier molecular flexibility index (Phi) is 6.40. The molecular weight excluding hydrogens is 308 g/mol. The summed E-state index contributed by atoms with van der Waals surface area (Å²) in [7, 11) is 2.92. The molecule has 0 radical (unpaired) electrons. The second-order valence-electron chi connectivity index (χ2n) is 4.98. The molecule has 5 nitrogen and oxygen atoms in total. The molecule has 126 valence electrons. The molecule has 0 unspecified atom stereocenters. The fourth-order valence-electron chi connectivity index (χ4n) is 2.20. The smallest absolute Gasteiger partial charge is 0.337 e. The van der Waals surface area contributed by atoms with Crippen molar-refractivity contribution in [3.63, 3.8) is 0 Å². The van der Waals surface area contributed by atoms with E-state index in [0.29, 0.717) is 23.5 Å². The monoisotopic (exact) mass is 328 g/mol. The Labute approximate surface area is 141 Å². The summed E-state index contributed by atoms with van der Waals surface area (Å²) in [6.45, 7) is 3.68. The van der Waals surface area contributed by atoms with E-state index in [9.17, 15) is 4.79 Å². The molecular formula is C19H20O5. The molecule has 24 heavy (non-hydrogen) atoms. The largest absolute Gasteiger partial charge is 0.465 e. The van der Waals surface area contributed by atoms with Crippen molar-refractivity contribution in [2.45, 2.75) is 6.42 Å². The number of hydrogen-bond donors (Lipinski definition) is 0. The van der Waals surface area contributed by atoms with Crippen molar-refractivity contribution in [2.75, 3.05) is 21.0 Å². The Bertz CT molecular complexity index is 691. The zero-order chi connectivity index (χ0) is 17.4. The average molecular weight is 328 g/mol. The van der Waals surface area contributed by atoms with Crippen LogP contribution in [0.1, 0.15) is 21.5 Å². The Hall–Kier alpha value is -2.79. The maximum atomic E-state index is 11.5. The first-order valence-corrected chi connectivity index (χ1v) is 7.37. The number of carbonyl (C=O) groups is 1. The predicted molar refractivity (Wildman–Crippen MR) is 90.4 cm³/mol. The first-order chi connectivity index (χ1) is 11.7. The summed E-state index contributed by atoms with van der Waals surface area (Å²) in [6, 6.07) is 13.0. The second kappa shape index (κ2) is 8.74. The third-order valence-electron chi connectivity index (χ3n) is 3.33. The van der Waals surface area contributed by atoms with E-state index in [-0.39, 0.29) is 12.8 Å². The van der Waals surface area contributed by atoms with Crippen molar-refractivity contribution >= 4 is 5.97 Å². The third kappa shape index (κ3) is 4.60. The summed E-state index contributed by atoms with van der Waals surface area (Å²) in [5.74, 6) is 0.815. The van der Waals surface area contributed by atoms with Gasteiger partial charge >= 0.3 is 5.97 Å². The molecule has 0 aliphatic rings. The topological polar surface area (TPSA) is 54.0 Å². The lowest BCUT2D eigenvalue weighted by molar-refractivity contribution is 0.0494. The normalized spacial score (nSPS) is 10.1. The molecule has 5 heteroatoms. The van der Waals surface area contributed by atoms with Crippen LogP contribution in [0.25, 0.3) is 0 Å². The zero-order valence-electron chi connectivity index (χ0n) is 13.8. The van der Waals surface area contributed by atoms with Gasteiger partial charge in [0.2, 0.25) is 0 Å². The average Bonchev–Trinajstić information content (AvgIpc) is 2.62. The molecule has 0 heterocycles. The number of hydrogen-bond acceptors (Lipinski definition) is 5. The van der Waals surface area contributed by atoms with Crippen LogP contribution in [-0.2, 0) is 15.9 Å². The number of carbonyl (C=O) groups excluding carboxylic acids is 1. The van der Waals surface area contributed by atoms with Gasteiger partial charge in [-0.15, -0.1) is 0 Å². The van der Waals surface area contributed by atoms with E-state index in [1.54, 1.807) is 19.2 Å². The van der Waals surface area contributed by atoms with Crippen LogP contribution in [0.5, 0.6) is 11.5 Å². The molecule has 0 amide bonds. The van der Waals surface area contributed by atoms with Gasteiger partial charge in [0.1, 0.15) is 0 Å². The van der Waals surface area contributed by atoms with E-state index in [1.165, 1.54) is 13.4 Å². The fourth-order valence-corrected chi connectivity index (χ4v) is 2.20. The fraction of sp³-hybridized carbons (Fsp3) is 0.211. The molecule has 0 fully saturated rings. The van der Waals surface area contributed by atoms with Crippen LogP contribution in [0.4, 0.5) is 0 Å². The highest BCUT2D eigenvalue weighted by atomic mass is 16.7. The maximum absolute atomic E-state index is 11.5. The van der Waals surface area contributed by atoms with Gasteiger partial charge in [-0.25, -0.2) is 4.79 Å². The zero-order valence-corrected chi connectivity index (χ0v) is 13.8. The second-order valence-corrected chi connectivity index (χ2v) is 4.98. The minimum Gasteiger partial charge on any atom is -0.465 e. The van der Waals surface area contributed by atoms with E-state index in [1.807, 2.05) is 30.3 Å². The first kappa shape index (κ1) is 17.6. The van der Waals surface area contributed by atoms with Crippen LogP contribution in [-0.4, -0.2) is 27.0 Å². The van der Waals surface area contributed by atoms with E-state index in [0.717, 1.165) is 11.1 Å². The minimum absolute atomic E-state index is 0.130. The van der Waals surface area contributed by atoms with Gasteiger partial charge in [-0.05, 0) is 41.8 Å². The third-order valence-corrected chi connectivity index (χ3v) is 3.33. The standard InChI is InChI=1S/C19H20O5/c1-4-23-17-10-7-15(12-18(17)24-13-21-2)11-14-5-8-16(9-6-14)19(20)22-3/h4-10,12H,1,11,13H2,2-3H3. The van der Waals surface area contributed by atoms with Crippen molar-refractivity contribution in [3.05, 3.63) is 72.0 Å². The van der Waals surface area contributed by atoms with Crippen molar-refractivity contribution in [2.24, 2.45) is 0 Å². The number of rotatable bonds is 8. The van der Waals surface area contributed by atoms with Crippen molar-refractivity contribution in [1.82, 2.24) is 0 Å².